The van der Waals surface area contributed by atoms with Crippen LogP contribution in [-0.4, -0.2) is 24.1 Å². The van der Waals surface area contributed by atoms with Crippen LogP contribution in [0.1, 0.15) is 71.1 Å². The van der Waals surface area contributed by atoms with Gasteiger partial charge in [0.25, 0.3) is 0 Å². The molecule has 0 heterocycles. The highest BCUT2D eigenvalue weighted by atomic mass is 32.2. The summed E-state index contributed by atoms with van der Waals surface area (Å²) in [6.45, 7) is 3.50. The van der Waals surface area contributed by atoms with Gasteiger partial charge in [0.2, 0.25) is 0 Å². The molecule has 1 nitrogen and oxygen atoms in total. The fourth-order valence-corrected chi connectivity index (χ4v) is 5.21. The number of nitrogens with one attached hydrogen (secondary N) is 1. The van der Waals surface area contributed by atoms with Crippen LogP contribution in [0.4, 0.5) is 0 Å². The van der Waals surface area contributed by atoms with Crippen molar-refractivity contribution in [3.8, 4) is 0 Å². The highest BCUT2D eigenvalue weighted by molar-refractivity contribution is 7.99. The third-order valence-electron chi connectivity index (χ3n) is 5.00. The zero-order valence-corrected chi connectivity index (χ0v) is 13.6. The second-order valence-corrected chi connectivity index (χ2v) is 7.72. The summed E-state index contributed by atoms with van der Waals surface area (Å²) in [7, 11) is 0. The van der Waals surface area contributed by atoms with Gasteiger partial charge in [-0.25, -0.2) is 0 Å². The molecule has 2 aliphatic rings. The Bertz CT molecular complexity index is 219. The van der Waals surface area contributed by atoms with E-state index in [4.69, 9.17) is 0 Å². The molecule has 2 heteroatoms. The van der Waals surface area contributed by atoms with Crippen molar-refractivity contribution < 1.29 is 0 Å². The summed E-state index contributed by atoms with van der Waals surface area (Å²) in [4.78, 5) is 0. The minimum atomic E-state index is 0.798. The number of thioether (sulfide) groups is 1. The van der Waals surface area contributed by atoms with Crippen molar-refractivity contribution in [2.24, 2.45) is 11.8 Å². The van der Waals surface area contributed by atoms with Crippen molar-refractivity contribution >= 4 is 11.8 Å². The largest absolute Gasteiger partial charge is 0.313 e. The highest BCUT2D eigenvalue weighted by Gasteiger charge is 2.23. The van der Waals surface area contributed by atoms with Crippen molar-refractivity contribution in [2.75, 3.05) is 18.1 Å². The van der Waals surface area contributed by atoms with Gasteiger partial charge in [-0.15, -0.1) is 0 Å². The first-order valence-electron chi connectivity index (χ1n) is 8.71. The summed E-state index contributed by atoms with van der Waals surface area (Å²) < 4.78 is 0. The third kappa shape index (κ3) is 5.67. The van der Waals surface area contributed by atoms with Gasteiger partial charge in [0, 0.05) is 11.8 Å². The summed E-state index contributed by atoms with van der Waals surface area (Å²) in [6.07, 6.45) is 14.6. The van der Waals surface area contributed by atoms with Crippen molar-refractivity contribution in [1.29, 1.82) is 0 Å². The number of rotatable bonds is 8. The van der Waals surface area contributed by atoms with Gasteiger partial charge in [-0.05, 0) is 56.2 Å². The van der Waals surface area contributed by atoms with E-state index in [0.717, 1.165) is 17.9 Å². The minimum absolute atomic E-state index is 0.798. The fourth-order valence-electron chi connectivity index (χ4n) is 3.77. The Labute approximate surface area is 124 Å². The average molecular weight is 284 g/mol. The van der Waals surface area contributed by atoms with Gasteiger partial charge in [0.05, 0.1) is 0 Å². The lowest BCUT2D eigenvalue weighted by molar-refractivity contribution is 0.285. The predicted molar refractivity (Wildman–Crippen MR) is 87.9 cm³/mol. The molecule has 0 spiro atoms. The molecule has 0 aliphatic heterocycles. The number of hydrogen-bond donors (Lipinski definition) is 1. The summed E-state index contributed by atoms with van der Waals surface area (Å²) in [5.74, 6) is 4.80. The lowest BCUT2D eigenvalue weighted by Gasteiger charge is -2.31. The minimum Gasteiger partial charge on any atom is -0.313 e. The molecule has 0 aromatic rings. The zero-order chi connectivity index (χ0) is 13.3. The molecule has 1 N–H and O–H groups in total. The molecule has 2 aliphatic carbocycles. The maximum atomic E-state index is 3.84. The molecule has 2 rings (SSSR count). The van der Waals surface area contributed by atoms with Crippen LogP contribution in [0.2, 0.25) is 0 Å². The Morgan fingerprint density at radius 2 is 1.68 bits per heavy atom. The Kier molecular flexibility index (Phi) is 7.67. The molecule has 19 heavy (non-hydrogen) atoms. The summed E-state index contributed by atoms with van der Waals surface area (Å²) in [6, 6.07) is 0.798. The monoisotopic (exact) mass is 283 g/mol. The lowest BCUT2D eigenvalue weighted by atomic mass is 9.84. The first-order valence-corrected chi connectivity index (χ1v) is 9.86. The van der Waals surface area contributed by atoms with Gasteiger partial charge in [0.1, 0.15) is 0 Å². The van der Waals surface area contributed by atoms with Crippen LogP contribution >= 0.6 is 11.8 Å². The van der Waals surface area contributed by atoms with Crippen molar-refractivity contribution in [1.82, 2.24) is 5.32 Å². The van der Waals surface area contributed by atoms with Gasteiger partial charge in [-0.1, -0.05) is 39.0 Å². The average Bonchev–Trinajstić information content (AvgIpc) is 2.97. The van der Waals surface area contributed by atoms with E-state index in [-0.39, 0.29) is 0 Å². The maximum absolute atomic E-state index is 3.84. The molecule has 1 atom stereocenters. The zero-order valence-electron chi connectivity index (χ0n) is 12.8. The quantitative estimate of drug-likeness (QED) is 0.683. The molecule has 0 aromatic carbocycles. The van der Waals surface area contributed by atoms with E-state index >= 15 is 0 Å². The molecule has 112 valence electrons. The maximum Gasteiger partial charge on any atom is 0.0186 e. The molecule has 0 aromatic heterocycles. The van der Waals surface area contributed by atoms with Crippen molar-refractivity contribution in [3.05, 3.63) is 0 Å². The third-order valence-corrected chi connectivity index (χ3v) is 6.30. The highest BCUT2D eigenvalue weighted by Crippen LogP contribution is 2.31. The summed E-state index contributed by atoms with van der Waals surface area (Å²) in [5, 5.41) is 3.84. The lowest BCUT2D eigenvalue weighted by Crippen LogP contribution is -2.39. The van der Waals surface area contributed by atoms with Crippen LogP contribution in [0.25, 0.3) is 0 Å². The molecule has 0 radical (unpaired) electrons. The van der Waals surface area contributed by atoms with E-state index in [1.54, 1.807) is 0 Å². The molecule has 0 bridgehead atoms. The molecule has 0 amide bonds. The van der Waals surface area contributed by atoms with Crippen LogP contribution in [0.3, 0.4) is 0 Å². The molecular formula is C17H33NS. The SMILES string of the molecule is CCCNC(CSCC1CCCC1)C1CCCCC1. The normalized spacial score (nSPS) is 23.8. The summed E-state index contributed by atoms with van der Waals surface area (Å²) >= 11 is 2.24. The van der Waals surface area contributed by atoms with Crippen molar-refractivity contribution in [3.63, 3.8) is 0 Å². The van der Waals surface area contributed by atoms with Crippen LogP contribution in [0, 0.1) is 11.8 Å². The van der Waals surface area contributed by atoms with Crippen LogP contribution in [0.15, 0.2) is 0 Å². The van der Waals surface area contributed by atoms with Gasteiger partial charge in [-0.3, -0.25) is 0 Å². The second-order valence-electron chi connectivity index (χ2n) is 6.65. The molecular weight excluding hydrogens is 250 g/mol. The standard InChI is InChI=1S/C17H33NS/c1-2-12-18-17(16-10-4-3-5-11-16)14-19-13-15-8-6-7-9-15/h15-18H,2-14H2,1H3. The first-order chi connectivity index (χ1) is 9.40. The van der Waals surface area contributed by atoms with Gasteiger partial charge >= 0.3 is 0 Å². The topological polar surface area (TPSA) is 12.0 Å². The smallest absolute Gasteiger partial charge is 0.0186 e. The summed E-state index contributed by atoms with van der Waals surface area (Å²) in [5.41, 5.74) is 0. The molecule has 1 unspecified atom stereocenters. The van der Waals surface area contributed by atoms with E-state index in [1.807, 2.05) is 0 Å². The van der Waals surface area contributed by atoms with Crippen LogP contribution in [-0.2, 0) is 0 Å². The van der Waals surface area contributed by atoms with Gasteiger partial charge in [0.15, 0.2) is 0 Å². The van der Waals surface area contributed by atoms with E-state index in [0.29, 0.717) is 0 Å². The van der Waals surface area contributed by atoms with Crippen LogP contribution < -0.4 is 5.32 Å². The fraction of sp³-hybridized carbons (Fsp3) is 1.00. The van der Waals surface area contributed by atoms with Crippen molar-refractivity contribution in [2.45, 2.75) is 77.2 Å². The Morgan fingerprint density at radius 3 is 2.37 bits per heavy atom. The second kappa shape index (κ2) is 9.28. The predicted octanol–water partition coefficient (Wildman–Crippen LogP) is 4.86. The van der Waals surface area contributed by atoms with Gasteiger partial charge in [-0.2, -0.15) is 11.8 Å². The molecule has 2 fully saturated rings. The van der Waals surface area contributed by atoms with E-state index in [1.165, 1.54) is 82.3 Å². The Balaban J connectivity index is 1.69. The molecule has 2 saturated carbocycles. The Morgan fingerprint density at radius 1 is 1.00 bits per heavy atom. The van der Waals surface area contributed by atoms with Crippen LogP contribution in [0.5, 0.6) is 0 Å². The van der Waals surface area contributed by atoms with E-state index in [2.05, 4.69) is 24.0 Å². The number of hydrogen-bond acceptors (Lipinski definition) is 2. The Hall–Kier alpha value is 0.310. The van der Waals surface area contributed by atoms with E-state index in [9.17, 15) is 0 Å². The van der Waals surface area contributed by atoms with E-state index < -0.39 is 0 Å². The first kappa shape index (κ1) is 15.7. The molecule has 0 saturated heterocycles. The van der Waals surface area contributed by atoms with Gasteiger partial charge < -0.3 is 5.32 Å².